The average molecular weight is 431 g/mol. The maximum atomic E-state index is 12.6. The van der Waals surface area contributed by atoms with Crippen LogP contribution in [0.3, 0.4) is 0 Å². The predicted molar refractivity (Wildman–Crippen MR) is 98.2 cm³/mol. The lowest BCUT2D eigenvalue weighted by Crippen LogP contribution is -2.44. The number of rotatable bonds is 2. The molecular weight excluding hydrogens is 408 g/mol. The van der Waals surface area contributed by atoms with Crippen molar-refractivity contribution in [2.75, 3.05) is 12.0 Å². The Balaban J connectivity index is 3.40. The molecule has 26 heavy (non-hydrogen) atoms. The van der Waals surface area contributed by atoms with Gasteiger partial charge in [0.2, 0.25) is 0 Å². The first-order valence-electron chi connectivity index (χ1n) is 7.75. The molecule has 0 unspecified atom stereocenters. The normalized spacial score (nSPS) is 11.5. The van der Waals surface area contributed by atoms with Crippen molar-refractivity contribution in [2.45, 2.75) is 52.7 Å². The topological polar surface area (TPSA) is 95.0 Å². The Morgan fingerprint density at radius 2 is 1.42 bits per heavy atom. The molecule has 0 aliphatic heterocycles. The quantitative estimate of drug-likeness (QED) is 0.509. The Kier molecular flexibility index (Phi) is 6.76. The summed E-state index contributed by atoms with van der Waals surface area (Å²) in [5.74, 6) is -0.857. The predicted octanol–water partition coefficient (Wildman–Crippen LogP) is 4.31. The molecule has 9 heteroatoms. The fourth-order valence-corrected chi connectivity index (χ4v) is 2.11. The molecule has 0 atom stereocenters. The first-order chi connectivity index (χ1) is 11.7. The van der Waals surface area contributed by atoms with Crippen LogP contribution in [0.25, 0.3) is 0 Å². The number of methoxy groups -OCH3 is 1. The van der Waals surface area contributed by atoms with Gasteiger partial charge in [-0.05, 0) is 53.7 Å². The van der Waals surface area contributed by atoms with Crippen molar-refractivity contribution in [3.8, 4) is 0 Å². The van der Waals surface area contributed by atoms with Gasteiger partial charge in [0.25, 0.3) is 0 Å². The second-order valence-corrected chi connectivity index (χ2v) is 8.23. The van der Waals surface area contributed by atoms with Gasteiger partial charge in [-0.25, -0.2) is 19.4 Å². The van der Waals surface area contributed by atoms with Crippen LogP contribution in [0.15, 0.2) is 16.6 Å². The number of pyridine rings is 1. The van der Waals surface area contributed by atoms with E-state index in [1.54, 1.807) is 41.5 Å². The Labute approximate surface area is 160 Å². The van der Waals surface area contributed by atoms with Crippen molar-refractivity contribution in [3.05, 3.63) is 22.3 Å². The highest BCUT2D eigenvalue weighted by atomic mass is 79.9. The standard InChI is InChI=1S/C17H23BrN2O6/c1-16(2,3)25-14(22)20(15(23)26-17(4,5)6)12-9-10(18)8-11(19-12)13(21)24-7/h8-9H,1-7H3. The van der Waals surface area contributed by atoms with E-state index in [9.17, 15) is 14.4 Å². The van der Waals surface area contributed by atoms with Gasteiger partial charge in [-0.1, -0.05) is 15.9 Å². The summed E-state index contributed by atoms with van der Waals surface area (Å²) < 4.78 is 15.6. The first-order valence-corrected chi connectivity index (χ1v) is 8.55. The lowest BCUT2D eigenvalue weighted by Gasteiger charge is -2.28. The van der Waals surface area contributed by atoms with Gasteiger partial charge < -0.3 is 14.2 Å². The molecule has 0 radical (unpaired) electrons. The van der Waals surface area contributed by atoms with E-state index in [2.05, 4.69) is 25.7 Å². The third-order valence-corrected chi connectivity index (χ3v) is 3.01. The second-order valence-electron chi connectivity index (χ2n) is 7.32. The highest BCUT2D eigenvalue weighted by molar-refractivity contribution is 9.10. The van der Waals surface area contributed by atoms with Crippen molar-refractivity contribution < 1.29 is 28.6 Å². The molecule has 0 aliphatic rings. The Hall–Kier alpha value is -2.16. The molecule has 2 amide bonds. The van der Waals surface area contributed by atoms with Crippen LogP contribution in [-0.4, -0.2) is 41.5 Å². The van der Waals surface area contributed by atoms with Gasteiger partial charge >= 0.3 is 18.2 Å². The smallest absolute Gasteiger partial charge is 0.425 e. The number of hydrogen-bond donors (Lipinski definition) is 0. The van der Waals surface area contributed by atoms with Crippen LogP contribution in [-0.2, 0) is 14.2 Å². The summed E-state index contributed by atoms with van der Waals surface area (Å²) >= 11 is 3.22. The van der Waals surface area contributed by atoms with E-state index in [-0.39, 0.29) is 11.5 Å². The van der Waals surface area contributed by atoms with Crippen molar-refractivity contribution in [2.24, 2.45) is 0 Å². The van der Waals surface area contributed by atoms with E-state index in [1.807, 2.05) is 0 Å². The number of anilines is 1. The summed E-state index contributed by atoms with van der Waals surface area (Å²) in [6, 6.07) is 2.79. The zero-order valence-electron chi connectivity index (χ0n) is 15.9. The van der Waals surface area contributed by atoms with Crippen LogP contribution >= 0.6 is 15.9 Å². The van der Waals surface area contributed by atoms with Crippen LogP contribution in [0.1, 0.15) is 52.0 Å². The molecule has 0 aromatic carbocycles. The molecule has 1 aromatic rings. The third kappa shape index (κ3) is 6.62. The number of imide groups is 1. The Bertz CT molecular complexity index is 678. The minimum atomic E-state index is -0.979. The third-order valence-electron chi connectivity index (χ3n) is 2.55. The van der Waals surface area contributed by atoms with Crippen molar-refractivity contribution in [1.82, 2.24) is 4.98 Å². The summed E-state index contributed by atoms with van der Waals surface area (Å²) in [7, 11) is 1.20. The van der Waals surface area contributed by atoms with Crippen LogP contribution < -0.4 is 4.90 Å². The van der Waals surface area contributed by atoms with Crippen LogP contribution in [0.4, 0.5) is 15.4 Å². The van der Waals surface area contributed by atoms with Crippen LogP contribution in [0.2, 0.25) is 0 Å². The number of aromatic nitrogens is 1. The second kappa shape index (κ2) is 8.03. The molecule has 1 aromatic heterocycles. The molecule has 1 heterocycles. The van der Waals surface area contributed by atoms with Crippen molar-refractivity contribution in [1.29, 1.82) is 0 Å². The number of carbonyl (C=O) groups is 3. The molecule has 0 saturated heterocycles. The molecule has 0 bridgehead atoms. The lowest BCUT2D eigenvalue weighted by atomic mass is 10.2. The molecule has 0 N–H and O–H groups in total. The van der Waals surface area contributed by atoms with Gasteiger partial charge in [0, 0.05) is 4.47 Å². The molecule has 1 rings (SSSR count). The highest BCUT2D eigenvalue weighted by Crippen LogP contribution is 2.24. The zero-order valence-corrected chi connectivity index (χ0v) is 17.5. The van der Waals surface area contributed by atoms with Gasteiger partial charge in [-0.3, -0.25) is 0 Å². The van der Waals surface area contributed by atoms with E-state index < -0.39 is 29.4 Å². The summed E-state index contributed by atoms with van der Waals surface area (Å²) in [5.41, 5.74) is -1.79. The SMILES string of the molecule is COC(=O)c1cc(Br)cc(N(C(=O)OC(C)(C)C)C(=O)OC(C)(C)C)n1. The number of ether oxygens (including phenoxy) is 3. The molecule has 0 aliphatic carbocycles. The van der Waals surface area contributed by atoms with Gasteiger partial charge in [0.1, 0.15) is 11.2 Å². The maximum absolute atomic E-state index is 12.6. The van der Waals surface area contributed by atoms with Crippen molar-refractivity contribution in [3.63, 3.8) is 0 Å². The monoisotopic (exact) mass is 430 g/mol. The maximum Gasteiger partial charge on any atom is 0.425 e. The molecular formula is C17H23BrN2O6. The minimum absolute atomic E-state index is 0.0889. The van der Waals surface area contributed by atoms with E-state index in [4.69, 9.17) is 9.47 Å². The van der Waals surface area contributed by atoms with E-state index in [1.165, 1.54) is 19.2 Å². The number of carbonyl (C=O) groups excluding carboxylic acids is 3. The van der Waals surface area contributed by atoms with Gasteiger partial charge in [0.15, 0.2) is 11.5 Å². The average Bonchev–Trinajstić information content (AvgIpc) is 2.41. The Morgan fingerprint density at radius 3 is 1.81 bits per heavy atom. The van der Waals surface area contributed by atoms with Gasteiger partial charge in [-0.2, -0.15) is 4.90 Å². The van der Waals surface area contributed by atoms with Gasteiger partial charge in [-0.15, -0.1) is 0 Å². The number of halogens is 1. The Morgan fingerprint density at radius 1 is 0.962 bits per heavy atom. The molecule has 8 nitrogen and oxygen atoms in total. The minimum Gasteiger partial charge on any atom is -0.464 e. The molecule has 0 fully saturated rings. The molecule has 0 spiro atoms. The highest BCUT2D eigenvalue weighted by Gasteiger charge is 2.34. The first kappa shape index (κ1) is 21.9. The van der Waals surface area contributed by atoms with Gasteiger partial charge in [0.05, 0.1) is 7.11 Å². The molecule has 144 valence electrons. The lowest BCUT2D eigenvalue weighted by molar-refractivity contribution is 0.0426. The number of esters is 1. The number of amides is 2. The summed E-state index contributed by atoms with van der Waals surface area (Å²) in [4.78, 5) is 41.6. The molecule has 0 saturated carbocycles. The summed E-state index contributed by atoms with van der Waals surface area (Å²) in [5, 5.41) is 0. The van der Waals surface area contributed by atoms with Crippen molar-refractivity contribution >= 4 is 39.9 Å². The number of hydrogen-bond acceptors (Lipinski definition) is 7. The number of nitrogens with zero attached hydrogens (tertiary/aromatic N) is 2. The van der Waals surface area contributed by atoms with Crippen LogP contribution in [0, 0.1) is 0 Å². The van der Waals surface area contributed by atoms with E-state index in [0.717, 1.165) is 0 Å². The summed E-state index contributed by atoms with van der Waals surface area (Å²) in [6.07, 6.45) is -1.96. The van der Waals surface area contributed by atoms with E-state index in [0.29, 0.717) is 9.37 Å². The fourth-order valence-electron chi connectivity index (χ4n) is 1.68. The largest absolute Gasteiger partial charge is 0.464 e. The zero-order chi connectivity index (χ0) is 20.3. The van der Waals surface area contributed by atoms with Crippen LogP contribution in [0.5, 0.6) is 0 Å². The van der Waals surface area contributed by atoms with E-state index >= 15 is 0 Å². The summed E-state index contributed by atoms with van der Waals surface area (Å²) in [6.45, 7) is 9.95. The fraction of sp³-hybridized carbons (Fsp3) is 0.529.